The van der Waals surface area contributed by atoms with Crippen LogP contribution in [0.1, 0.15) is 31.8 Å². The van der Waals surface area contributed by atoms with Gasteiger partial charge in [-0.3, -0.25) is 4.79 Å². The molecule has 0 aliphatic heterocycles. The second-order valence-electron chi connectivity index (χ2n) is 6.39. The summed E-state index contributed by atoms with van der Waals surface area (Å²) in [4.78, 5) is 23.1. The number of amides is 1. The quantitative estimate of drug-likeness (QED) is 0.380. The maximum absolute atomic E-state index is 12.2. The predicted octanol–water partition coefficient (Wildman–Crippen LogP) is 3.44. The number of aromatic hydroxyl groups is 1. The zero-order valence-corrected chi connectivity index (χ0v) is 16.6. The Kier molecular flexibility index (Phi) is 6.85. The van der Waals surface area contributed by atoms with Gasteiger partial charge in [0.25, 0.3) is 5.91 Å². The largest absolute Gasteiger partial charge is 0.507 e. The molecule has 8 heteroatoms. The third-order valence-corrected chi connectivity index (χ3v) is 4.33. The summed E-state index contributed by atoms with van der Waals surface area (Å²) in [6.07, 6.45) is 1.41. The molecule has 0 bridgehead atoms. The highest BCUT2D eigenvalue weighted by Crippen LogP contribution is 2.31. The number of rotatable bonds is 8. The van der Waals surface area contributed by atoms with Crippen molar-refractivity contribution >= 4 is 18.1 Å². The monoisotopic (exact) mass is 420 g/mol. The second-order valence-corrected chi connectivity index (χ2v) is 6.39. The fourth-order valence-corrected chi connectivity index (χ4v) is 2.74. The molecule has 0 aromatic heterocycles. The molecule has 0 heterocycles. The van der Waals surface area contributed by atoms with Crippen LogP contribution in [0.3, 0.4) is 0 Å². The molecule has 3 N–H and O–H groups in total. The van der Waals surface area contributed by atoms with Gasteiger partial charge in [0.15, 0.2) is 11.5 Å². The lowest BCUT2D eigenvalue weighted by atomic mass is 10.1. The highest BCUT2D eigenvalue weighted by Gasteiger charge is 2.12. The van der Waals surface area contributed by atoms with Crippen molar-refractivity contribution < 1.29 is 29.3 Å². The first kappa shape index (κ1) is 21.4. The van der Waals surface area contributed by atoms with Crippen molar-refractivity contribution in [2.24, 2.45) is 5.10 Å². The van der Waals surface area contributed by atoms with Crippen molar-refractivity contribution in [3.8, 4) is 17.2 Å². The van der Waals surface area contributed by atoms with Gasteiger partial charge in [0.2, 0.25) is 0 Å². The summed E-state index contributed by atoms with van der Waals surface area (Å²) < 4.78 is 11.2. The Hall–Kier alpha value is -4.33. The molecule has 158 valence electrons. The second kappa shape index (κ2) is 9.93. The predicted molar refractivity (Wildman–Crippen MR) is 114 cm³/mol. The summed E-state index contributed by atoms with van der Waals surface area (Å²) in [6, 6.07) is 17.7. The number of hydrazone groups is 1. The van der Waals surface area contributed by atoms with Gasteiger partial charge in [-0.2, -0.15) is 5.10 Å². The molecule has 0 spiro atoms. The van der Waals surface area contributed by atoms with Crippen LogP contribution < -0.4 is 14.9 Å². The lowest BCUT2D eigenvalue weighted by Crippen LogP contribution is -2.17. The van der Waals surface area contributed by atoms with E-state index in [0.29, 0.717) is 17.1 Å². The summed E-state index contributed by atoms with van der Waals surface area (Å²) in [5.41, 5.74) is 3.98. The normalized spacial score (nSPS) is 10.6. The molecule has 0 saturated heterocycles. The molecule has 3 rings (SSSR count). The maximum atomic E-state index is 12.2. The van der Waals surface area contributed by atoms with E-state index in [9.17, 15) is 14.7 Å². The zero-order chi connectivity index (χ0) is 22.2. The standard InChI is InChI=1S/C23H20N2O6/c1-30-20-8-4-5-17(13-24-25-22(27)18-6-2-3-7-19(18)26)21(20)31-14-15-9-11-16(12-10-15)23(28)29/h2-13,26H,14H2,1H3,(H,25,27)(H,28,29)/b24-13-. The molecular weight excluding hydrogens is 400 g/mol. The zero-order valence-electron chi connectivity index (χ0n) is 16.6. The average molecular weight is 420 g/mol. The Labute approximate surface area is 178 Å². The number of aromatic carboxylic acids is 1. The summed E-state index contributed by atoms with van der Waals surface area (Å²) in [7, 11) is 1.50. The van der Waals surface area contributed by atoms with E-state index in [0.717, 1.165) is 5.56 Å². The molecule has 8 nitrogen and oxygen atoms in total. The van der Waals surface area contributed by atoms with Crippen molar-refractivity contribution in [3.05, 3.63) is 89.0 Å². The van der Waals surface area contributed by atoms with Crippen LogP contribution in [-0.4, -0.2) is 35.4 Å². The topological polar surface area (TPSA) is 117 Å². The van der Waals surface area contributed by atoms with Gasteiger partial charge in [0.1, 0.15) is 12.4 Å². The van der Waals surface area contributed by atoms with E-state index in [4.69, 9.17) is 14.6 Å². The number of carbonyl (C=O) groups is 2. The highest BCUT2D eigenvalue weighted by molar-refractivity contribution is 5.97. The third kappa shape index (κ3) is 5.39. The highest BCUT2D eigenvalue weighted by atomic mass is 16.5. The minimum absolute atomic E-state index is 0.103. The molecule has 0 unspecified atom stereocenters. The number of benzene rings is 3. The molecule has 0 aliphatic carbocycles. The number of carboxylic acids is 1. The van der Waals surface area contributed by atoms with E-state index < -0.39 is 11.9 Å². The number of phenolic OH excluding ortho intramolecular Hbond substituents is 1. The smallest absolute Gasteiger partial charge is 0.335 e. The Morgan fingerprint density at radius 1 is 1.03 bits per heavy atom. The van der Waals surface area contributed by atoms with Crippen LogP contribution >= 0.6 is 0 Å². The Bertz CT molecular complexity index is 1110. The minimum Gasteiger partial charge on any atom is -0.507 e. The number of ether oxygens (including phenoxy) is 2. The Balaban J connectivity index is 1.74. The van der Waals surface area contributed by atoms with Crippen LogP contribution in [0.15, 0.2) is 71.8 Å². The van der Waals surface area contributed by atoms with Crippen LogP contribution in [0.5, 0.6) is 17.2 Å². The van der Waals surface area contributed by atoms with Crippen molar-refractivity contribution in [1.82, 2.24) is 5.43 Å². The third-order valence-electron chi connectivity index (χ3n) is 4.33. The van der Waals surface area contributed by atoms with Crippen LogP contribution in [-0.2, 0) is 6.61 Å². The van der Waals surface area contributed by atoms with E-state index in [2.05, 4.69) is 10.5 Å². The summed E-state index contributed by atoms with van der Waals surface area (Å²) in [5, 5.41) is 22.7. The molecule has 1 amide bonds. The van der Waals surface area contributed by atoms with Gasteiger partial charge in [-0.25, -0.2) is 10.2 Å². The fourth-order valence-electron chi connectivity index (χ4n) is 2.74. The van der Waals surface area contributed by atoms with Crippen molar-refractivity contribution in [2.75, 3.05) is 7.11 Å². The van der Waals surface area contributed by atoms with Gasteiger partial charge in [0, 0.05) is 5.56 Å². The van der Waals surface area contributed by atoms with Crippen LogP contribution in [0.2, 0.25) is 0 Å². The van der Waals surface area contributed by atoms with Crippen LogP contribution in [0.4, 0.5) is 0 Å². The maximum Gasteiger partial charge on any atom is 0.335 e. The van der Waals surface area contributed by atoms with E-state index in [1.807, 2.05) is 0 Å². The number of carboxylic acid groups (broad SMARTS) is 1. The minimum atomic E-state index is -0.999. The number of methoxy groups -OCH3 is 1. The van der Waals surface area contributed by atoms with Gasteiger partial charge in [-0.1, -0.05) is 30.3 Å². The number of carbonyl (C=O) groups excluding carboxylic acids is 1. The number of para-hydroxylation sites is 2. The lowest BCUT2D eigenvalue weighted by molar-refractivity contribution is 0.0696. The fraction of sp³-hybridized carbons (Fsp3) is 0.0870. The molecule has 0 aliphatic rings. The summed E-state index contributed by atoms with van der Waals surface area (Å²) in [5.74, 6) is -0.819. The molecule has 0 radical (unpaired) electrons. The van der Waals surface area contributed by atoms with Crippen LogP contribution in [0, 0.1) is 0 Å². The number of hydrogen-bond donors (Lipinski definition) is 3. The molecule has 3 aromatic carbocycles. The van der Waals surface area contributed by atoms with E-state index in [-0.39, 0.29) is 23.5 Å². The van der Waals surface area contributed by atoms with Gasteiger partial charge < -0.3 is 19.7 Å². The first-order valence-corrected chi connectivity index (χ1v) is 9.23. The van der Waals surface area contributed by atoms with E-state index >= 15 is 0 Å². The first-order chi connectivity index (χ1) is 15.0. The Morgan fingerprint density at radius 2 is 1.77 bits per heavy atom. The van der Waals surface area contributed by atoms with Crippen molar-refractivity contribution in [2.45, 2.75) is 6.61 Å². The molecule has 0 saturated carbocycles. The van der Waals surface area contributed by atoms with Gasteiger partial charge >= 0.3 is 5.97 Å². The molecular formula is C23H20N2O6. The van der Waals surface area contributed by atoms with Crippen molar-refractivity contribution in [1.29, 1.82) is 0 Å². The summed E-state index contributed by atoms with van der Waals surface area (Å²) in [6.45, 7) is 0.172. The number of hydrogen-bond acceptors (Lipinski definition) is 6. The number of phenols is 1. The first-order valence-electron chi connectivity index (χ1n) is 9.23. The summed E-state index contributed by atoms with van der Waals surface area (Å²) >= 11 is 0. The van der Waals surface area contributed by atoms with Crippen molar-refractivity contribution in [3.63, 3.8) is 0 Å². The molecule has 31 heavy (non-hydrogen) atoms. The molecule has 0 fully saturated rings. The number of nitrogens with one attached hydrogen (secondary N) is 1. The van der Waals surface area contributed by atoms with Gasteiger partial charge in [-0.05, 0) is 42.0 Å². The van der Waals surface area contributed by atoms with Gasteiger partial charge in [0.05, 0.1) is 24.5 Å². The average Bonchev–Trinajstić information content (AvgIpc) is 2.78. The van der Waals surface area contributed by atoms with Crippen LogP contribution in [0.25, 0.3) is 0 Å². The molecule has 3 aromatic rings. The molecule has 0 atom stereocenters. The van der Waals surface area contributed by atoms with Gasteiger partial charge in [-0.15, -0.1) is 0 Å². The Morgan fingerprint density at radius 3 is 2.45 bits per heavy atom. The lowest BCUT2D eigenvalue weighted by Gasteiger charge is -2.13. The number of nitrogens with zero attached hydrogens (tertiary/aromatic N) is 1. The van der Waals surface area contributed by atoms with E-state index in [1.165, 1.54) is 37.6 Å². The SMILES string of the molecule is COc1cccc(/C=N\NC(=O)c2ccccc2O)c1OCc1ccc(C(=O)O)cc1. The van der Waals surface area contributed by atoms with E-state index in [1.54, 1.807) is 42.5 Å².